The van der Waals surface area contributed by atoms with Crippen LogP contribution < -0.4 is 0 Å². The van der Waals surface area contributed by atoms with E-state index in [2.05, 4.69) is 0 Å². The molecule has 0 aliphatic rings. The number of halogens is 3. The first kappa shape index (κ1) is 13.9. The third-order valence-electron chi connectivity index (χ3n) is 1.75. The summed E-state index contributed by atoms with van der Waals surface area (Å²) in [6, 6.07) is 0. The molecule has 0 aromatic rings. The summed E-state index contributed by atoms with van der Waals surface area (Å²) in [6.45, 7) is 5.36. The standard InChI is InChI=1S/C11H15F3O/c1-8(2)5-4-6-9(3)7-10(15)11(12,13)14/h5,7H,4,6H2,1-3H3. The van der Waals surface area contributed by atoms with Gasteiger partial charge in [-0.3, -0.25) is 4.79 Å². The molecule has 0 aromatic carbocycles. The largest absolute Gasteiger partial charge is 0.454 e. The fraction of sp³-hybridized carbons (Fsp3) is 0.545. The molecule has 0 unspecified atom stereocenters. The van der Waals surface area contributed by atoms with Crippen LogP contribution in [0.25, 0.3) is 0 Å². The number of alkyl halides is 3. The van der Waals surface area contributed by atoms with E-state index in [1.165, 1.54) is 6.92 Å². The number of carbonyl (C=O) groups is 1. The molecule has 0 aliphatic heterocycles. The molecular weight excluding hydrogens is 205 g/mol. The van der Waals surface area contributed by atoms with Crippen molar-refractivity contribution < 1.29 is 18.0 Å². The zero-order chi connectivity index (χ0) is 12.1. The second kappa shape index (κ2) is 5.73. The predicted molar refractivity (Wildman–Crippen MR) is 53.5 cm³/mol. The fourth-order valence-electron chi connectivity index (χ4n) is 0.966. The van der Waals surface area contributed by atoms with Crippen molar-refractivity contribution in [2.75, 3.05) is 0 Å². The third kappa shape index (κ3) is 6.94. The number of ketones is 1. The highest BCUT2D eigenvalue weighted by Gasteiger charge is 2.36. The Hall–Kier alpha value is -1.06. The molecule has 0 fully saturated rings. The first-order valence-corrected chi connectivity index (χ1v) is 4.65. The van der Waals surface area contributed by atoms with Crippen LogP contribution >= 0.6 is 0 Å². The number of rotatable bonds is 4. The minimum atomic E-state index is -4.75. The van der Waals surface area contributed by atoms with Crippen molar-refractivity contribution in [2.24, 2.45) is 0 Å². The zero-order valence-corrected chi connectivity index (χ0v) is 9.11. The van der Waals surface area contributed by atoms with E-state index in [-0.39, 0.29) is 0 Å². The summed E-state index contributed by atoms with van der Waals surface area (Å²) < 4.78 is 35.6. The molecule has 0 rings (SSSR count). The fourth-order valence-corrected chi connectivity index (χ4v) is 0.966. The van der Waals surface area contributed by atoms with Crippen LogP contribution in [0.5, 0.6) is 0 Å². The van der Waals surface area contributed by atoms with E-state index in [9.17, 15) is 18.0 Å². The lowest BCUT2D eigenvalue weighted by molar-refractivity contribution is -0.165. The summed E-state index contributed by atoms with van der Waals surface area (Å²) >= 11 is 0. The van der Waals surface area contributed by atoms with Crippen LogP contribution in [0.2, 0.25) is 0 Å². The first-order chi connectivity index (χ1) is 6.73. The van der Waals surface area contributed by atoms with Crippen LogP contribution in [0.4, 0.5) is 13.2 Å². The Bertz CT molecular complexity index is 281. The Kier molecular flexibility index (Phi) is 5.33. The molecule has 15 heavy (non-hydrogen) atoms. The van der Waals surface area contributed by atoms with E-state index in [0.717, 1.165) is 5.57 Å². The Balaban J connectivity index is 4.22. The lowest BCUT2D eigenvalue weighted by atomic mass is 10.1. The van der Waals surface area contributed by atoms with Crippen LogP contribution in [0, 0.1) is 0 Å². The van der Waals surface area contributed by atoms with Gasteiger partial charge < -0.3 is 0 Å². The van der Waals surface area contributed by atoms with Gasteiger partial charge in [-0.15, -0.1) is 0 Å². The normalized spacial score (nSPS) is 12.5. The second-order valence-corrected chi connectivity index (χ2v) is 3.67. The van der Waals surface area contributed by atoms with E-state index in [1.54, 1.807) is 0 Å². The number of allylic oxidation sites excluding steroid dienone is 4. The van der Waals surface area contributed by atoms with Gasteiger partial charge in [0.15, 0.2) is 0 Å². The molecule has 0 bridgehead atoms. The maximum atomic E-state index is 11.9. The second-order valence-electron chi connectivity index (χ2n) is 3.67. The van der Waals surface area contributed by atoms with Crippen molar-refractivity contribution in [2.45, 2.75) is 39.8 Å². The number of carbonyl (C=O) groups excluding carboxylic acids is 1. The minimum Gasteiger partial charge on any atom is -0.285 e. The number of hydrogen-bond donors (Lipinski definition) is 0. The van der Waals surface area contributed by atoms with Crippen LogP contribution in [-0.2, 0) is 4.79 Å². The quantitative estimate of drug-likeness (QED) is 0.520. The predicted octanol–water partition coefficient (Wildman–Crippen LogP) is 3.81. The Labute approximate surface area is 87.7 Å². The molecule has 0 saturated heterocycles. The molecule has 0 spiro atoms. The van der Waals surface area contributed by atoms with Gasteiger partial charge in [0.2, 0.25) is 0 Å². The van der Waals surface area contributed by atoms with E-state index in [0.29, 0.717) is 24.5 Å². The Morgan fingerprint density at radius 3 is 2.13 bits per heavy atom. The Morgan fingerprint density at radius 2 is 1.73 bits per heavy atom. The highest BCUT2D eigenvalue weighted by atomic mass is 19.4. The van der Waals surface area contributed by atoms with Gasteiger partial charge in [0, 0.05) is 0 Å². The van der Waals surface area contributed by atoms with E-state index in [1.807, 2.05) is 19.9 Å². The van der Waals surface area contributed by atoms with Crippen molar-refractivity contribution in [1.82, 2.24) is 0 Å². The smallest absolute Gasteiger partial charge is 0.285 e. The van der Waals surface area contributed by atoms with Crippen LogP contribution in [-0.4, -0.2) is 12.0 Å². The molecule has 0 N–H and O–H groups in total. The molecule has 0 aliphatic carbocycles. The SMILES string of the molecule is CC(C)=CCCC(C)=CC(=O)C(F)(F)F. The molecule has 0 saturated carbocycles. The molecule has 86 valence electrons. The van der Waals surface area contributed by atoms with Gasteiger partial charge in [-0.1, -0.05) is 17.2 Å². The van der Waals surface area contributed by atoms with Gasteiger partial charge in [-0.05, 0) is 39.7 Å². The van der Waals surface area contributed by atoms with Crippen molar-refractivity contribution in [3.05, 3.63) is 23.3 Å². The van der Waals surface area contributed by atoms with Gasteiger partial charge in [0.25, 0.3) is 5.78 Å². The summed E-state index contributed by atoms with van der Waals surface area (Å²) in [5.74, 6) is -1.78. The summed E-state index contributed by atoms with van der Waals surface area (Å²) in [5.41, 5.74) is 1.57. The number of hydrogen-bond acceptors (Lipinski definition) is 1. The maximum Gasteiger partial charge on any atom is 0.454 e. The summed E-state index contributed by atoms with van der Waals surface area (Å²) in [6.07, 6.45) is -1.02. The van der Waals surface area contributed by atoms with Crippen molar-refractivity contribution in [3.8, 4) is 0 Å². The third-order valence-corrected chi connectivity index (χ3v) is 1.75. The van der Waals surface area contributed by atoms with E-state index in [4.69, 9.17) is 0 Å². The van der Waals surface area contributed by atoms with Gasteiger partial charge in [0.05, 0.1) is 0 Å². The molecule has 0 radical (unpaired) electrons. The van der Waals surface area contributed by atoms with Crippen LogP contribution in [0.3, 0.4) is 0 Å². The summed E-state index contributed by atoms with van der Waals surface area (Å²) in [7, 11) is 0. The highest BCUT2D eigenvalue weighted by Crippen LogP contribution is 2.18. The topological polar surface area (TPSA) is 17.1 Å². The van der Waals surface area contributed by atoms with Gasteiger partial charge in [0.1, 0.15) is 0 Å². The van der Waals surface area contributed by atoms with E-state index < -0.39 is 12.0 Å². The zero-order valence-electron chi connectivity index (χ0n) is 9.11. The molecule has 0 amide bonds. The molecule has 0 atom stereocenters. The lowest BCUT2D eigenvalue weighted by Crippen LogP contribution is -2.20. The van der Waals surface area contributed by atoms with Gasteiger partial charge in [-0.2, -0.15) is 13.2 Å². The minimum absolute atomic E-state index is 0.454. The monoisotopic (exact) mass is 220 g/mol. The highest BCUT2D eigenvalue weighted by molar-refractivity contribution is 5.94. The molecule has 0 heterocycles. The van der Waals surface area contributed by atoms with Crippen molar-refractivity contribution in [3.63, 3.8) is 0 Å². The molecule has 1 nitrogen and oxygen atoms in total. The molecule has 0 aromatic heterocycles. The van der Waals surface area contributed by atoms with Crippen LogP contribution in [0.1, 0.15) is 33.6 Å². The summed E-state index contributed by atoms with van der Waals surface area (Å²) in [4.78, 5) is 10.6. The van der Waals surface area contributed by atoms with Crippen molar-refractivity contribution in [1.29, 1.82) is 0 Å². The van der Waals surface area contributed by atoms with Crippen molar-refractivity contribution >= 4 is 5.78 Å². The first-order valence-electron chi connectivity index (χ1n) is 4.65. The lowest BCUT2D eigenvalue weighted by Gasteiger charge is -2.02. The molecular formula is C11H15F3O. The van der Waals surface area contributed by atoms with E-state index >= 15 is 0 Å². The maximum absolute atomic E-state index is 11.9. The average molecular weight is 220 g/mol. The van der Waals surface area contributed by atoms with Crippen LogP contribution in [0.15, 0.2) is 23.3 Å². The van der Waals surface area contributed by atoms with Gasteiger partial charge in [-0.25, -0.2) is 0 Å². The average Bonchev–Trinajstić information content (AvgIpc) is 2.01. The van der Waals surface area contributed by atoms with Gasteiger partial charge >= 0.3 is 6.18 Å². The summed E-state index contributed by atoms with van der Waals surface area (Å²) in [5, 5.41) is 0. The Morgan fingerprint density at radius 1 is 1.20 bits per heavy atom. The molecule has 4 heteroatoms.